The zero-order valence-corrected chi connectivity index (χ0v) is 7.38. The molecule has 0 saturated heterocycles. The van der Waals surface area contributed by atoms with Crippen LogP contribution in [-0.2, 0) is 6.42 Å². The van der Waals surface area contributed by atoms with Gasteiger partial charge in [0.05, 0.1) is 0 Å². The molecule has 2 N–H and O–H groups in total. The van der Waals surface area contributed by atoms with Crippen LogP contribution in [0.15, 0.2) is 12.7 Å². The zero-order valence-electron chi connectivity index (χ0n) is 7.38. The molecule has 1 nitrogen and oxygen atoms in total. The van der Waals surface area contributed by atoms with E-state index >= 15 is 0 Å². The molecule has 0 heterocycles. The number of allylic oxidation sites excluding steroid dienone is 1. The Labute approximate surface area is 82.1 Å². The number of halogens is 5. The quantitative estimate of drug-likeness (QED) is 0.320. The minimum absolute atomic E-state index is 0. The summed E-state index contributed by atoms with van der Waals surface area (Å²) < 4.78 is 63.2. The first kappa shape index (κ1) is 13.6. The predicted octanol–water partition coefficient (Wildman–Crippen LogP) is 2.29. The topological polar surface area (TPSA) is 31.5 Å². The summed E-state index contributed by atoms with van der Waals surface area (Å²) in [4.78, 5) is 0. The molecule has 1 aromatic rings. The Morgan fingerprint density at radius 3 is 1.47 bits per heavy atom. The second-order valence-corrected chi connectivity index (χ2v) is 2.54. The van der Waals surface area contributed by atoms with Crippen molar-refractivity contribution in [2.24, 2.45) is 0 Å². The summed E-state index contributed by atoms with van der Waals surface area (Å²) in [6.07, 6.45) is 0.643. The summed E-state index contributed by atoms with van der Waals surface area (Å²) in [6.45, 7) is 3.15. The molecule has 1 aromatic carbocycles. The van der Waals surface area contributed by atoms with Crippen molar-refractivity contribution >= 4 is 0 Å². The van der Waals surface area contributed by atoms with Gasteiger partial charge < -0.3 is 5.48 Å². The molecular formula is C9H7F5O. The van der Waals surface area contributed by atoms with Gasteiger partial charge in [-0.3, -0.25) is 0 Å². The van der Waals surface area contributed by atoms with Crippen molar-refractivity contribution < 1.29 is 27.4 Å². The van der Waals surface area contributed by atoms with E-state index in [9.17, 15) is 22.0 Å². The standard InChI is InChI=1S/C9H5F5.H2O/c1-2-3-4-5(10)7(12)9(14)8(13)6(4)11;/h2H,1,3H2;1H2. The second-order valence-electron chi connectivity index (χ2n) is 2.54. The van der Waals surface area contributed by atoms with Crippen molar-refractivity contribution in [3.8, 4) is 0 Å². The van der Waals surface area contributed by atoms with Crippen LogP contribution in [0.2, 0.25) is 0 Å². The van der Waals surface area contributed by atoms with E-state index in [2.05, 4.69) is 6.58 Å². The highest BCUT2D eigenvalue weighted by Crippen LogP contribution is 2.23. The SMILES string of the molecule is C=CCc1c(F)c(F)c(F)c(F)c1F.O. The lowest BCUT2D eigenvalue weighted by atomic mass is 10.1. The van der Waals surface area contributed by atoms with Crippen LogP contribution in [0.4, 0.5) is 22.0 Å². The average Bonchev–Trinajstić information content (AvgIpc) is 2.19. The second kappa shape index (κ2) is 4.88. The lowest BCUT2D eigenvalue weighted by molar-refractivity contribution is 0.371. The fraction of sp³-hybridized carbons (Fsp3) is 0.111. The first-order valence-electron chi connectivity index (χ1n) is 3.61. The number of hydrogen-bond acceptors (Lipinski definition) is 0. The fourth-order valence-corrected chi connectivity index (χ4v) is 0.974. The molecular weight excluding hydrogens is 219 g/mol. The van der Waals surface area contributed by atoms with Crippen LogP contribution in [0.5, 0.6) is 0 Å². The van der Waals surface area contributed by atoms with Crippen molar-refractivity contribution in [2.45, 2.75) is 6.42 Å². The Bertz CT molecular complexity index is 360. The highest BCUT2D eigenvalue weighted by molar-refractivity contribution is 5.25. The highest BCUT2D eigenvalue weighted by atomic mass is 19.2. The van der Waals surface area contributed by atoms with E-state index < -0.39 is 41.1 Å². The molecule has 0 unspecified atom stereocenters. The fourth-order valence-electron chi connectivity index (χ4n) is 0.974. The minimum Gasteiger partial charge on any atom is -0.412 e. The normalized spacial score (nSPS) is 9.67. The van der Waals surface area contributed by atoms with Gasteiger partial charge in [-0.15, -0.1) is 6.58 Å². The lowest BCUT2D eigenvalue weighted by Gasteiger charge is -2.05. The van der Waals surface area contributed by atoms with Crippen molar-refractivity contribution in [1.29, 1.82) is 0 Å². The Morgan fingerprint density at radius 2 is 1.13 bits per heavy atom. The predicted molar refractivity (Wildman–Crippen MR) is 43.7 cm³/mol. The first-order chi connectivity index (χ1) is 6.50. The molecule has 0 radical (unpaired) electrons. The van der Waals surface area contributed by atoms with Crippen molar-refractivity contribution in [1.82, 2.24) is 0 Å². The van der Waals surface area contributed by atoms with Gasteiger partial charge in [-0.1, -0.05) is 6.08 Å². The van der Waals surface area contributed by atoms with E-state index in [4.69, 9.17) is 0 Å². The van der Waals surface area contributed by atoms with Gasteiger partial charge in [0.1, 0.15) is 0 Å². The van der Waals surface area contributed by atoms with Gasteiger partial charge >= 0.3 is 0 Å². The van der Waals surface area contributed by atoms with Gasteiger partial charge in [0.2, 0.25) is 5.82 Å². The van der Waals surface area contributed by atoms with E-state index in [0.717, 1.165) is 6.08 Å². The molecule has 15 heavy (non-hydrogen) atoms. The molecule has 0 amide bonds. The molecule has 0 spiro atoms. The molecule has 0 saturated carbocycles. The summed E-state index contributed by atoms with van der Waals surface area (Å²) in [6, 6.07) is 0. The Morgan fingerprint density at radius 1 is 0.800 bits per heavy atom. The maximum Gasteiger partial charge on any atom is 0.200 e. The molecule has 1 rings (SSSR count). The maximum atomic E-state index is 12.8. The summed E-state index contributed by atoms with van der Waals surface area (Å²) in [5, 5.41) is 0. The molecule has 0 aliphatic carbocycles. The minimum atomic E-state index is -2.15. The van der Waals surface area contributed by atoms with E-state index in [1.54, 1.807) is 0 Å². The van der Waals surface area contributed by atoms with Crippen LogP contribution < -0.4 is 0 Å². The molecule has 6 heteroatoms. The van der Waals surface area contributed by atoms with Crippen LogP contribution in [0.1, 0.15) is 5.56 Å². The van der Waals surface area contributed by atoms with Gasteiger partial charge in [-0.2, -0.15) is 0 Å². The van der Waals surface area contributed by atoms with Crippen LogP contribution in [-0.4, -0.2) is 5.48 Å². The molecule has 0 aliphatic rings. The van der Waals surface area contributed by atoms with Crippen molar-refractivity contribution in [3.63, 3.8) is 0 Å². The van der Waals surface area contributed by atoms with Crippen LogP contribution >= 0.6 is 0 Å². The summed E-state index contributed by atoms with van der Waals surface area (Å²) in [5.74, 6) is -9.61. The van der Waals surface area contributed by atoms with Crippen LogP contribution in [0.3, 0.4) is 0 Å². The van der Waals surface area contributed by atoms with Gasteiger partial charge in [-0.05, 0) is 6.42 Å². The van der Waals surface area contributed by atoms with Crippen LogP contribution in [0, 0.1) is 29.1 Å². The Balaban J connectivity index is 0.00000196. The summed E-state index contributed by atoms with van der Waals surface area (Å²) >= 11 is 0. The molecule has 0 aromatic heterocycles. The van der Waals surface area contributed by atoms with E-state index in [-0.39, 0.29) is 5.48 Å². The Kier molecular flexibility index (Phi) is 4.41. The third kappa shape index (κ3) is 2.15. The molecule has 84 valence electrons. The third-order valence-corrected chi connectivity index (χ3v) is 1.65. The van der Waals surface area contributed by atoms with E-state index in [0.29, 0.717) is 0 Å². The number of benzene rings is 1. The van der Waals surface area contributed by atoms with Gasteiger partial charge in [0, 0.05) is 5.56 Å². The highest BCUT2D eigenvalue weighted by Gasteiger charge is 2.24. The Hall–Kier alpha value is -1.43. The average molecular weight is 226 g/mol. The molecule has 0 bridgehead atoms. The number of rotatable bonds is 2. The third-order valence-electron chi connectivity index (χ3n) is 1.65. The molecule has 0 atom stereocenters. The first-order valence-corrected chi connectivity index (χ1v) is 3.61. The van der Waals surface area contributed by atoms with Gasteiger partial charge in [0.15, 0.2) is 23.3 Å². The largest absolute Gasteiger partial charge is 0.412 e. The lowest BCUT2D eigenvalue weighted by Crippen LogP contribution is -2.06. The smallest absolute Gasteiger partial charge is 0.200 e. The van der Waals surface area contributed by atoms with Gasteiger partial charge in [0.25, 0.3) is 0 Å². The van der Waals surface area contributed by atoms with E-state index in [1.807, 2.05) is 0 Å². The van der Waals surface area contributed by atoms with E-state index in [1.165, 1.54) is 0 Å². The monoisotopic (exact) mass is 226 g/mol. The summed E-state index contributed by atoms with van der Waals surface area (Å²) in [7, 11) is 0. The molecule has 0 fully saturated rings. The summed E-state index contributed by atoms with van der Waals surface area (Å²) in [5.41, 5.74) is -0.864. The van der Waals surface area contributed by atoms with Crippen molar-refractivity contribution in [3.05, 3.63) is 47.3 Å². The van der Waals surface area contributed by atoms with Gasteiger partial charge in [-0.25, -0.2) is 22.0 Å². The number of hydrogen-bond donors (Lipinski definition) is 0. The van der Waals surface area contributed by atoms with Crippen molar-refractivity contribution in [2.75, 3.05) is 0 Å². The van der Waals surface area contributed by atoms with Crippen LogP contribution in [0.25, 0.3) is 0 Å². The molecule has 0 aliphatic heterocycles. The zero-order chi connectivity index (χ0) is 10.9. The maximum absolute atomic E-state index is 12.8.